The summed E-state index contributed by atoms with van der Waals surface area (Å²) < 4.78 is 27.9. The predicted octanol–water partition coefficient (Wildman–Crippen LogP) is 13.6. The Morgan fingerprint density at radius 2 is 1.27 bits per heavy atom. The number of aromatic hydroxyl groups is 3. The monoisotopic (exact) mass is 1000 g/mol. The molecular formula is C60H63BrN2O7. The largest absolute Gasteiger partial charge is 0.508 e. The van der Waals surface area contributed by atoms with Crippen LogP contribution in [0.3, 0.4) is 0 Å². The zero-order chi connectivity index (χ0) is 48.6. The van der Waals surface area contributed by atoms with Gasteiger partial charge in [0.05, 0.1) is 0 Å². The Morgan fingerprint density at radius 1 is 0.629 bits per heavy atom. The third kappa shape index (κ3) is 9.91. The smallest absolute Gasteiger partial charge is 0.150 e. The molecule has 70 heavy (non-hydrogen) atoms. The van der Waals surface area contributed by atoms with Gasteiger partial charge in [0, 0.05) is 63.5 Å². The van der Waals surface area contributed by atoms with Crippen LogP contribution in [0.2, 0.25) is 0 Å². The number of ether oxygens (including phenoxy) is 4. The second-order valence-corrected chi connectivity index (χ2v) is 20.8. The lowest BCUT2D eigenvalue weighted by Gasteiger charge is -2.32. The van der Waals surface area contributed by atoms with Gasteiger partial charge in [-0.1, -0.05) is 66.2 Å². The molecule has 0 aromatic heterocycles. The van der Waals surface area contributed by atoms with E-state index in [1.807, 2.05) is 43.3 Å². The molecule has 2 saturated heterocycles. The molecule has 0 saturated carbocycles. The average molecular weight is 1000 g/mol. The van der Waals surface area contributed by atoms with Crippen LogP contribution in [0, 0.1) is 11.8 Å². The van der Waals surface area contributed by atoms with Gasteiger partial charge in [-0.15, -0.1) is 0 Å². The van der Waals surface area contributed by atoms with Crippen LogP contribution in [0.5, 0.6) is 40.2 Å². The number of nitrogens with zero attached hydrogens (tertiary/aromatic N) is 2. The van der Waals surface area contributed by atoms with Crippen LogP contribution >= 0.6 is 15.9 Å². The molecule has 0 spiro atoms. The van der Waals surface area contributed by atoms with Crippen molar-refractivity contribution in [2.45, 2.75) is 72.1 Å². The van der Waals surface area contributed by atoms with Crippen LogP contribution in [0.15, 0.2) is 126 Å². The van der Waals surface area contributed by atoms with E-state index in [4.69, 9.17) is 18.9 Å². The van der Waals surface area contributed by atoms with Crippen molar-refractivity contribution in [2.24, 2.45) is 11.8 Å². The van der Waals surface area contributed by atoms with E-state index in [0.29, 0.717) is 36.7 Å². The first-order valence-corrected chi connectivity index (χ1v) is 25.6. The molecule has 6 aromatic carbocycles. The van der Waals surface area contributed by atoms with Crippen molar-refractivity contribution >= 4 is 38.2 Å². The van der Waals surface area contributed by atoms with Crippen LogP contribution in [0.25, 0.3) is 33.4 Å². The number of hydrogen-bond acceptors (Lipinski definition) is 9. The molecule has 3 N–H and O–H groups in total. The molecule has 0 aliphatic carbocycles. The number of hydrogen-bond donors (Lipinski definition) is 3. The zero-order valence-corrected chi connectivity index (χ0v) is 42.3. The first-order chi connectivity index (χ1) is 33.9. The zero-order valence-electron chi connectivity index (χ0n) is 40.8. The number of benzene rings is 6. The number of allylic oxidation sites excluding steroid dienone is 2. The van der Waals surface area contributed by atoms with Gasteiger partial charge in [-0.25, -0.2) is 0 Å². The van der Waals surface area contributed by atoms with Crippen molar-refractivity contribution in [3.05, 3.63) is 159 Å². The second-order valence-electron chi connectivity index (χ2n) is 19.9. The highest BCUT2D eigenvalue weighted by atomic mass is 79.9. The molecule has 4 aliphatic rings. The summed E-state index contributed by atoms with van der Waals surface area (Å²) in [4.78, 5) is 5.02. The van der Waals surface area contributed by atoms with Crippen molar-refractivity contribution < 1.29 is 34.3 Å². The molecule has 4 heterocycles. The van der Waals surface area contributed by atoms with Crippen LogP contribution < -0.4 is 18.9 Å². The van der Waals surface area contributed by atoms with Gasteiger partial charge in [-0.3, -0.25) is 9.80 Å². The van der Waals surface area contributed by atoms with Crippen molar-refractivity contribution in [1.82, 2.24) is 9.80 Å². The van der Waals surface area contributed by atoms with Gasteiger partial charge < -0.3 is 34.3 Å². The van der Waals surface area contributed by atoms with Gasteiger partial charge in [-0.2, -0.15) is 0 Å². The lowest BCUT2D eigenvalue weighted by molar-refractivity contribution is 0.154. The van der Waals surface area contributed by atoms with Crippen LogP contribution in [-0.2, 0) is 0 Å². The number of likely N-dealkylation sites (tertiary alicyclic amines) is 2. The summed E-state index contributed by atoms with van der Waals surface area (Å²) >= 11 is 3.99. The van der Waals surface area contributed by atoms with E-state index in [1.54, 1.807) is 36.4 Å². The van der Waals surface area contributed by atoms with Gasteiger partial charge in [-0.05, 0) is 183 Å². The summed E-state index contributed by atoms with van der Waals surface area (Å²) in [5.41, 5.74) is 10.9. The lowest BCUT2D eigenvalue weighted by atomic mass is 9.84. The Hall–Kier alpha value is -6.20. The molecular weight excluding hydrogens is 941 g/mol. The topological polar surface area (TPSA) is 104 Å². The Morgan fingerprint density at radius 3 is 1.93 bits per heavy atom. The average Bonchev–Trinajstić information content (AvgIpc) is 3.80. The molecule has 10 rings (SSSR count). The molecule has 362 valence electrons. The minimum atomic E-state index is -0.562. The van der Waals surface area contributed by atoms with Gasteiger partial charge in [0.15, 0.2) is 0 Å². The Labute approximate surface area is 420 Å². The van der Waals surface area contributed by atoms with E-state index >= 15 is 0 Å². The second kappa shape index (κ2) is 20.3. The first kappa shape index (κ1) is 47.5. The lowest BCUT2D eigenvalue weighted by Crippen LogP contribution is -2.37. The van der Waals surface area contributed by atoms with E-state index in [2.05, 4.69) is 102 Å². The summed E-state index contributed by atoms with van der Waals surface area (Å²) in [5.74, 6) is 4.79. The molecule has 2 unspecified atom stereocenters. The third-order valence-electron chi connectivity index (χ3n) is 14.7. The van der Waals surface area contributed by atoms with Crippen molar-refractivity contribution in [2.75, 3.05) is 45.9 Å². The molecule has 0 bridgehead atoms. The van der Waals surface area contributed by atoms with Crippen molar-refractivity contribution in [1.29, 1.82) is 0 Å². The highest BCUT2D eigenvalue weighted by Crippen LogP contribution is 2.51. The molecule has 10 heteroatoms. The van der Waals surface area contributed by atoms with E-state index < -0.39 is 12.2 Å². The number of piperidine rings is 1. The maximum Gasteiger partial charge on any atom is 0.150 e. The Bertz CT molecular complexity index is 2960. The maximum absolute atomic E-state index is 10.7. The Balaban J connectivity index is 1.05. The fourth-order valence-corrected chi connectivity index (χ4v) is 11.4. The molecule has 0 amide bonds. The van der Waals surface area contributed by atoms with Crippen molar-refractivity contribution in [3.63, 3.8) is 0 Å². The van der Waals surface area contributed by atoms with Gasteiger partial charge in [0.2, 0.25) is 0 Å². The van der Waals surface area contributed by atoms with Crippen LogP contribution in [0.1, 0.15) is 99.5 Å². The van der Waals surface area contributed by atoms with E-state index in [-0.39, 0.29) is 17.2 Å². The molecule has 4 aliphatic heterocycles. The molecule has 2 fully saturated rings. The SMILES string of the molecule is CC1=C(c2ccc(Br)c(-c3cc(C4Oc5ccc(O)cc5C(C)=C4c4cccc(O)c4)ccc3OCCN3CCC[C@@H](C)C3)c2)C(c2ccc(OC[C@H](C)N3CC[C@@H](C)C3)cc2)Oc2ccc(O)cc21. The number of fused-ring (bicyclic) bond motifs is 2. The van der Waals surface area contributed by atoms with Crippen LogP contribution in [-0.4, -0.2) is 77.1 Å². The van der Waals surface area contributed by atoms with E-state index in [1.165, 1.54) is 19.3 Å². The molecule has 0 radical (unpaired) electrons. The quantitative estimate of drug-likeness (QED) is 0.104. The minimum Gasteiger partial charge on any atom is -0.508 e. The summed E-state index contributed by atoms with van der Waals surface area (Å²) in [7, 11) is 0. The number of phenolic OH excluding ortho intramolecular Hbond substituents is 3. The van der Waals surface area contributed by atoms with Gasteiger partial charge >= 0.3 is 0 Å². The summed E-state index contributed by atoms with van der Waals surface area (Å²) in [5, 5.41) is 32.0. The first-order valence-electron chi connectivity index (χ1n) is 24.8. The predicted molar refractivity (Wildman–Crippen MR) is 283 cm³/mol. The van der Waals surface area contributed by atoms with Crippen LogP contribution in [0.4, 0.5) is 0 Å². The molecule has 6 aromatic rings. The fourth-order valence-electron chi connectivity index (χ4n) is 10.9. The highest BCUT2D eigenvalue weighted by Gasteiger charge is 2.33. The normalized spacial score (nSPS) is 20.9. The molecule has 5 atom stereocenters. The molecule has 9 nitrogen and oxygen atoms in total. The number of phenols is 3. The minimum absolute atomic E-state index is 0.151. The van der Waals surface area contributed by atoms with Gasteiger partial charge in [0.1, 0.15) is 65.7 Å². The summed E-state index contributed by atoms with van der Waals surface area (Å²) in [6.07, 6.45) is 2.65. The van der Waals surface area contributed by atoms with E-state index in [0.717, 1.165) is 121 Å². The number of halogens is 1. The Kier molecular flexibility index (Phi) is 13.7. The fraction of sp³-hybridized carbons (Fsp3) is 0.333. The maximum atomic E-state index is 10.7. The van der Waals surface area contributed by atoms with Gasteiger partial charge in [0.25, 0.3) is 0 Å². The standard InChI is InChI=1S/C60H63BrN2O7/c1-36-8-7-24-62(33-36)26-27-67-54-20-14-44(60-57(42-9-6-10-45(64)28-42)39(4)49-31-47(66)16-22-56(49)70-60)30-52(54)51-29-43(13-19-53(51)61)58-40(5)50-32-46(65)15-21-55(50)69-59(58)41-11-17-48(18-12-41)68-35-38(3)63-25-23-37(2)34-63/h6,9-22,28-32,36-38,59-60,64-66H,7-8,23-27,33-35H2,1-5H3/t36-,37-,38+,59?,60?/m1/s1. The van der Waals surface area contributed by atoms with E-state index in [9.17, 15) is 15.3 Å². The van der Waals surface area contributed by atoms with Crippen molar-refractivity contribution in [3.8, 4) is 51.4 Å². The highest BCUT2D eigenvalue weighted by molar-refractivity contribution is 9.10. The summed E-state index contributed by atoms with van der Waals surface area (Å²) in [6.45, 7) is 17.4. The third-order valence-corrected chi connectivity index (χ3v) is 15.4. The number of rotatable bonds is 13. The summed E-state index contributed by atoms with van der Waals surface area (Å²) in [6, 6.07) is 39.1.